The molecule has 0 unspecified atom stereocenters. The molecule has 0 atom stereocenters. The van der Waals surface area contributed by atoms with E-state index in [9.17, 15) is 9.18 Å². The first-order valence-electron chi connectivity index (χ1n) is 9.13. The molecular weight excluding hydrogens is 333 g/mol. The number of likely N-dealkylation sites (tertiary alicyclic amines) is 1. The van der Waals surface area contributed by atoms with Crippen LogP contribution in [0.4, 0.5) is 10.1 Å². The second-order valence-corrected chi connectivity index (χ2v) is 6.88. The van der Waals surface area contributed by atoms with E-state index in [0.29, 0.717) is 5.76 Å². The summed E-state index contributed by atoms with van der Waals surface area (Å²) < 4.78 is 19.0. The van der Waals surface area contributed by atoms with E-state index >= 15 is 0 Å². The Balaban J connectivity index is 1.62. The molecule has 1 N–H and O–H groups in total. The van der Waals surface area contributed by atoms with Crippen molar-refractivity contribution < 1.29 is 13.6 Å². The number of carbonyl (C=O) groups excluding carboxylic acids is 1. The fourth-order valence-electron chi connectivity index (χ4n) is 3.70. The van der Waals surface area contributed by atoms with Gasteiger partial charge in [0.2, 0.25) is 0 Å². The molecule has 0 spiro atoms. The molecule has 1 amide bonds. The first-order valence-corrected chi connectivity index (χ1v) is 9.13. The standard InChI is InChI=1S/C20H22FN3O2/c1-13-18-16(23-22-15-9-7-14(21)8-10-15)5-4-6-17(18)26-19(13)20(25)24-11-2-3-12-24/h7-10,22H,2-6,11-12H2,1H3/b23-16+. The highest BCUT2D eigenvalue weighted by molar-refractivity contribution is 6.06. The zero-order chi connectivity index (χ0) is 18.1. The lowest BCUT2D eigenvalue weighted by Gasteiger charge is -2.14. The molecule has 1 aromatic carbocycles. The molecule has 0 radical (unpaired) electrons. The van der Waals surface area contributed by atoms with E-state index in [4.69, 9.17) is 4.42 Å². The van der Waals surface area contributed by atoms with Crippen LogP contribution in [0.25, 0.3) is 0 Å². The Labute approximate surface area is 151 Å². The number of amides is 1. The van der Waals surface area contributed by atoms with Gasteiger partial charge in [-0.25, -0.2) is 4.39 Å². The third-order valence-corrected chi connectivity index (χ3v) is 5.08. The molecule has 2 heterocycles. The lowest BCUT2D eigenvalue weighted by Crippen LogP contribution is -2.27. The third kappa shape index (κ3) is 3.11. The topological polar surface area (TPSA) is 57.8 Å². The Hall–Kier alpha value is -2.63. The summed E-state index contributed by atoms with van der Waals surface area (Å²) >= 11 is 0. The minimum atomic E-state index is -0.279. The quantitative estimate of drug-likeness (QED) is 0.843. The van der Waals surface area contributed by atoms with Crippen LogP contribution in [0.5, 0.6) is 0 Å². The molecule has 26 heavy (non-hydrogen) atoms. The second-order valence-electron chi connectivity index (χ2n) is 6.88. The summed E-state index contributed by atoms with van der Waals surface area (Å²) in [4.78, 5) is 14.6. The van der Waals surface area contributed by atoms with Crippen LogP contribution < -0.4 is 5.43 Å². The number of benzene rings is 1. The maximum absolute atomic E-state index is 13.0. The number of nitrogens with zero attached hydrogens (tertiary/aromatic N) is 2. The van der Waals surface area contributed by atoms with Crippen molar-refractivity contribution >= 4 is 17.3 Å². The van der Waals surface area contributed by atoms with Crippen LogP contribution in [0.15, 0.2) is 33.8 Å². The number of carbonyl (C=O) groups is 1. The summed E-state index contributed by atoms with van der Waals surface area (Å²) in [5.41, 5.74) is 6.42. The monoisotopic (exact) mass is 355 g/mol. The summed E-state index contributed by atoms with van der Waals surface area (Å²) in [5, 5.41) is 4.51. The second kappa shape index (κ2) is 6.94. The smallest absolute Gasteiger partial charge is 0.289 e. The molecule has 2 aromatic rings. The van der Waals surface area contributed by atoms with Gasteiger partial charge in [0.05, 0.1) is 11.4 Å². The molecule has 136 valence electrons. The number of aryl methyl sites for hydroxylation is 1. The van der Waals surface area contributed by atoms with Crippen molar-refractivity contribution in [1.29, 1.82) is 0 Å². The number of hydrogen-bond acceptors (Lipinski definition) is 4. The predicted octanol–water partition coefficient (Wildman–Crippen LogP) is 4.12. The minimum Gasteiger partial charge on any atom is -0.455 e. The SMILES string of the molecule is Cc1c(C(=O)N2CCCC2)oc2c1/C(=N/Nc1ccc(F)cc1)CCC2. The van der Waals surface area contributed by atoms with Crippen LogP contribution in [0.1, 0.15) is 53.1 Å². The zero-order valence-electron chi connectivity index (χ0n) is 14.8. The van der Waals surface area contributed by atoms with Gasteiger partial charge in [-0.2, -0.15) is 5.10 Å². The number of fused-ring (bicyclic) bond motifs is 1. The normalized spacial score (nSPS) is 18.2. The van der Waals surface area contributed by atoms with E-state index in [1.54, 1.807) is 12.1 Å². The summed E-state index contributed by atoms with van der Waals surface area (Å²) in [6.07, 6.45) is 4.68. The summed E-state index contributed by atoms with van der Waals surface area (Å²) in [6, 6.07) is 6.08. The lowest BCUT2D eigenvalue weighted by atomic mass is 9.93. The van der Waals surface area contributed by atoms with Crippen molar-refractivity contribution in [3.05, 3.63) is 52.7 Å². The van der Waals surface area contributed by atoms with Crippen LogP contribution in [0, 0.1) is 12.7 Å². The maximum Gasteiger partial charge on any atom is 0.289 e. The molecule has 1 aliphatic heterocycles. The van der Waals surface area contributed by atoms with E-state index in [2.05, 4.69) is 10.5 Å². The summed E-state index contributed by atoms with van der Waals surface area (Å²) in [5.74, 6) is 1.00. The molecule has 1 fully saturated rings. The highest BCUT2D eigenvalue weighted by Crippen LogP contribution is 2.31. The Morgan fingerprint density at radius 1 is 1.15 bits per heavy atom. The average molecular weight is 355 g/mol. The van der Waals surface area contributed by atoms with E-state index in [0.717, 1.165) is 73.5 Å². The van der Waals surface area contributed by atoms with Crippen LogP contribution in [0.3, 0.4) is 0 Å². The highest BCUT2D eigenvalue weighted by atomic mass is 19.1. The number of anilines is 1. The first-order chi connectivity index (χ1) is 12.6. The first kappa shape index (κ1) is 16.8. The fourth-order valence-corrected chi connectivity index (χ4v) is 3.70. The highest BCUT2D eigenvalue weighted by Gasteiger charge is 2.30. The van der Waals surface area contributed by atoms with Crippen LogP contribution in [0.2, 0.25) is 0 Å². The van der Waals surface area contributed by atoms with Gasteiger partial charge in [-0.1, -0.05) is 0 Å². The molecule has 4 rings (SSSR count). The van der Waals surface area contributed by atoms with Crippen molar-refractivity contribution in [1.82, 2.24) is 4.90 Å². The van der Waals surface area contributed by atoms with Crippen molar-refractivity contribution in [3.8, 4) is 0 Å². The van der Waals surface area contributed by atoms with Gasteiger partial charge >= 0.3 is 0 Å². The number of hydrazone groups is 1. The summed E-state index contributed by atoms with van der Waals surface area (Å²) in [7, 11) is 0. The molecule has 5 nitrogen and oxygen atoms in total. The minimum absolute atomic E-state index is 0.0137. The number of halogens is 1. The Kier molecular flexibility index (Phi) is 4.49. The fraction of sp³-hybridized carbons (Fsp3) is 0.400. The molecule has 1 aromatic heterocycles. The van der Waals surface area contributed by atoms with E-state index < -0.39 is 0 Å². The molecule has 1 aliphatic carbocycles. The van der Waals surface area contributed by atoms with Gasteiger partial charge in [0.1, 0.15) is 11.6 Å². The van der Waals surface area contributed by atoms with E-state index in [1.165, 1.54) is 12.1 Å². The Morgan fingerprint density at radius 3 is 2.62 bits per heavy atom. The molecular formula is C20H22FN3O2. The van der Waals surface area contributed by atoms with Gasteiger partial charge < -0.3 is 9.32 Å². The van der Waals surface area contributed by atoms with Crippen molar-refractivity contribution in [2.24, 2.45) is 5.10 Å². The Morgan fingerprint density at radius 2 is 1.88 bits per heavy atom. The van der Waals surface area contributed by atoms with Crippen LogP contribution >= 0.6 is 0 Å². The maximum atomic E-state index is 13.0. The molecule has 2 aliphatic rings. The number of furan rings is 1. The summed E-state index contributed by atoms with van der Waals surface area (Å²) in [6.45, 7) is 3.54. The predicted molar refractivity (Wildman–Crippen MR) is 98.1 cm³/mol. The van der Waals surface area contributed by atoms with Gasteiger partial charge in [0.25, 0.3) is 5.91 Å². The van der Waals surface area contributed by atoms with Gasteiger partial charge in [0.15, 0.2) is 5.76 Å². The van der Waals surface area contributed by atoms with Gasteiger partial charge in [-0.05, 0) is 56.9 Å². The Bertz CT molecular complexity index is 849. The van der Waals surface area contributed by atoms with Crippen LogP contribution in [-0.4, -0.2) is 29.6 Å². The van der Waals surface area contributed by atoms with Crippen molar-refractivity contribution in [2.45, 2.75) is 39.0 Å². The largest absolute Gasteiger partial charge is 0.455 e. The van der Waals surface area contributed by atoms with Gasteiger partial charge in [-0.15, -0.1) is 0 Å². The molecule has 0 bridgehead atoms. The third-order valence-electron chi connectivity index (χ3n) is 5.08. The molecule has 1 saturated heterocycles. The number of rotatable bonds is 3. The average Bonchev–Trinajstić information content (AvgIpc) is 3.29. The number of nitrogens with one attached hydrogen (secondary N) is 1. The van der Waals surface area contributed by atoms with E-state index in [-0.39, 0.29) is 11.7 Å². The number of hydrogen-bond donors (Lipinski definition) is 1. The van der Waals surface area contributed by atoms with Crippen molar-refractivity contribution in [3.63, 3.8) is 0 Å². The zero-order valence-corrected chi connectivity index (χ0v) is 14.8. The van der Waals surface area contributed by atoms with Gasteiger partial charge in [-0.3, -0.25) is 10.2 Å². The van der Waals surface area contributed by atoms with Crippen LogP contribution in [-0.2, 0) is 6.42 Å². The van der Waals surface area contributed by atoms with Crippen molar-refractivity contribution in [2.75, 3.05) is 18.5 Å². The van der Waals surface area contributed by atoms with E-state index in [1.807, 2.05) is 11.8 Å². The van der Waals surface area contributed by atoms with Gasteiger partial charge in [0, 0.05) is 30.6 Å². The molecule has 0 saturated carbocycles. The molecule has 6 heteroatoms. The lowest BCUT2D eigenvalue weighted by molar-refractivity contribution is 0.0758.